The van der Waals surface area contributed by atoms with Crippen molar-refractivity contribution in [1.82, 2.24) is 0 Å². The van der Waals surface area contributed by atoms with Gasteiger partial charge in [0.15, 0.2) is 0 Å². The summed E-state index contributed by atoms with van der Waals surface area (Å²) in [5, 5.41) is 0. The maximum atomic E-state index is 5.73. The van der Waals surface area contributed by atoms with Crippen LogP contribution in [0.1, 0.15) is 0 Å². The predicted molar refractivity (Wildman–Crippen MR) is 130 cm³/mol. The molecule has 0 radical (unpaired) electrons. The van der Waals surface area contributed by atoms with E-state index in [0.717, 1.165) is 55.3 Å². The molecule has 166 valence electrons. The van der Waals surface area contributed by atoms with Crippen molar-refractivity contribution >= 4 is 22.7 Å². The van der Waals surface area contributed by atoms with Crippen LogP contribution in [0.2, 0.25) is 0 Å². The first kappa shape index (κ1) is 22.6. The summed E-state index contributed by atoms with van der Waals surface area (Å²) in [6.45, 7) is 0. The maximum absolute atomic E-state index is 5.73. The van der Waals surface area contributed by atoms with Crippen molar-refractivity contribution in [3.05, 3.63) is 36.4 Å². The molecule has 3 aromatic rings. The van der Waals surface area contributed by atoms with Crippen molar-refractivity contribution in [3.63, 3.8) is 0 Å². The van der Waals surface area contributed by atoms with Crippen LogP contribution in [0, 0.1) is 0 Å². The number of hydrogen-bond acceptors (Lipinski definition) is 7. The Labute approximate surface area is 188 Å². The van der Waals surface area contributed by atoms with Gasteiger partial charge >= 0.3 is 0 Å². The Kier molecular flexibility index (Phi) is 6.85. The summed E-state index contributed by atoms with van der Waals surface area (Å²) in [6, 6.07) is 12.2. The second kappa shape index (κ2) is 9.39. The Balaban J connectivity index is 2.17. The van der Waals surface area contributed by atoms with Crippen molar-refractivity contribution in [2.24, 2.45) is 0 Å². The lowest BCUT2D eigenvalue weighted by Crippen LogP contribution is -2.09. The van der Waals surface area contributed by atoms with E-state index in [1.54, 1.807) is 39.8 Å². The number of thiophene rings is 1. The zero-order valence-electron chi connectivity index (χ0n) is 19.4. The molecule has 7 heteroatoms. The summed E-state index contributed by atoms with van der Waals surface area (Å²) in [7, 11) is 14.7. The summed E-state index contributed by atoms with van der Waals surface area (Å²) in [6.07, 6.45) is 0. The fraction of sp³-hybridized carbons (Fsp3) is 0.333. The van der Waals surface area contributed by atoms with Crippen molar-refractivity contribution in [2.45, 2.75) is 0 Å². The standard InChI is InChI=1S/C24H30N2O4S/c1-25(2)15-11-17(27-5)23(18(12-15)28-6)21-9-10-22(31-21)24-19(29-7)13-16(26(3)4)14-20(24)30-8/h9-14H,1-8H3. The highest BCUT2D eigenvalue weighted by molar-refractivity contribution is 7.19. The minimum atomic E-state index is 0.762. The maximum Gasteiger partial charge on any atom is 0.133 e. The average Bonchev–Trinajstić information content (AvgIpc) is 3.25. The lowest BCUT2D eigenvalue weighted by molar-refractivity contribution is 0.397. The molecule has 0 saturated carbocycles. The molecule has 1 heterocycles. The van der Waals surface area contributed by atoms with Crippen molar-refractivity contribution < 1.29 is 18.9 Å². The average molecular weight is 443 g/mol. The first-order chi connectivity index (χ1) is 14.8. The van der Waals surface area contributed by atoms with Gasteiger partial charge in [0.1, 0.15) is 23.0 Å². The van der Waals surface area contributed by atoms with Crippen LogP contribution in [0.5, 0.6) is 23.0 Å². The molecule has 31 heavy (non-hydrogen) atoms. The minimum absolute atomic E-state index is 0.762. The second-order valence-electron chi connectivity index (χ2n) is 7.40. The van der Waals surface area contributed by atoms with Crippen LogP contribution < -0.4 is 28.7 Å². The molecule has 0 bridgehead atoms. The number of ether oxygens (including phenoxy) is 4. The van der Waals surface area contributed by atoms with E-state index in [0.29, 0.717) is 0 Å². The third kappa shape index (κ3) is 4.37. The van der Waals surface area contributed by atoms with Crippen LogP contribution in [0.15, 0.2) is 36.4 Å². The van der Waals surface area contributed by atoms with Crippen LogP contribution in [0.3, 0.4) is 0 Å². The molecule has 0 aliphatic carbocycles. The number of rotatable bonds is 8. The van der Waals surface area contributed by atoms with Gasteiger partial charge in [0, 0.05) is 73.6 Å². The third-order valence-corrected chi connectivity index (χ3v) is 6.23. The van der Waals surface area contributed by atoms with Crippen LogP contribution in [-0.2, 0) is 0 Å². The molecule has 3 rings (SSSR count). The molecule has 2 aromatic carbocycles. The normalized spacial score (nSPS) is 10.6. The van der Waals surface area contributed by atoms with E-state index >= 15 is 0 Å². The highest BCUT2D eigenvalue weighted by atomic mass is 32.1. The minimum Gasteiger partial charge on any atom is -0.496 e. The van der Waals surface area contributed by atoms with Gasteiger partial charge in [0.05, 0.1) is 39.6 Å². The Morgan fingerprint density at radius 3 is 1.06 bits per heavy atom. The van der Waals surface area contributed by atoms with Gasteiger partial charge in [0.2, 0.25) is 0 Å². The molecule has 1 aromatic heterocycles. The fourth-order valence-electron chi connectivity index (χ4n) is 3.40. The Hall–Kier alpha value is -3.06. The first-order valence-corrected chi connectivity index (χ1v) is 10.6. The number of nitrogens with zero attached hydrogens (tertiary/aromatic N) is 2. The van der Waals surface area contributed by atoms with Gasteiger partial charge < -0.3 is 28.7 Å². The molecular weight excluding hydrogens is 412 g/mol. The Morgan fingerprint density at radius 1 is 0.548 bits per heavy atom. The van der Waals surface area contributed by atoms with Crippen molar-refractivity contribution in [3.8, 4) is 43.9 Å². The summed E-state index contributed by atoms with van der Waals surface area (Å²) in [5.41, 5.74) is 3.87. The van der Waals surface area contributed by atoms with Crippen LogP contribution >= 0.6 is 11.3 Å². The molecule has 0 atom stereocenters. The van der Waals surface area contributed by atoms with E-state index in [4.69, 9.17) is 18.9 Å². The number of methoxy groups -OCH3 is 4. The molecule has 0 unspecified atom stereocenters. The molecular formula is C24H30N2O4S. The summed E-state index contributed by atoms with van der Waals surface area (Å²) >= 11 is 1.64. The van der Waals surface area contributed by atoms with Gasteiger partial charge in [-0.25, -0.2) is 0 Å². The zero-order chi connectivity index (χ0) is 22.7. The number of anilines is 2. The van der Waals surface area contributed by atoms with E-state index in [9.17, 15) is 0 Å². The highest BCUT2D eigenvalue weighted by Crippen LogP contribution is 2.49. The van der Waals surface area contributed by atoms with Gasteiger partial charge in [-0.15, -0.1) is 11.3 Å². The molecule has 0 aliphatic heterocycles. The monoisotopic (exact) mass is 442 g/mol. The molecule has 0 saturated heterocycles. The van der Waals surface area contributed by atoms with Crippen molar-refractivity contribution in [2.75, 3.05) is 66.4 Å². The van der Waals surface area contributed by atoms with E-state index in [2.05, 4.69) is 12.1 Å². The predicted octanol–water partition coefficient (Wildman–Crippen LogP) is 5.25. The molecule has 6 nitrogen and oxygen atoms in total. The molecule has 0 N–H and O–H groups in total. The zero-order valence-corrected chi connectivity index (χ0v) is 20.2. The van der Waals surface area contributed by atoms with E-state index in [1.807, 2.05) is 62.3 Å². The lowest BCUT2D eigenvalue weighted by Gasteiger charge is -2.19. The SMILES string of the molecule is COc1cc(N(C)C)cc(OC)c1-c1ccc(-c2c(OC)cc(N(C)C)cc2OC)s1. The van der Waals surface area contributed by atoms with Gasteiger partial charge in [0.25, 0.3) is 0 Å². The number of hydrogen-bond donors (Lipinski definition) is 0. The summed E-state index contributed by atoms with van der Waals surface area (Å²) in [5.74, 6) is 3.05. The molecule has 0 aliphatic rings. The quantitative estimate of drug-likeness (QED) is 0.475. The smallest absolute Gasteiger partial charge is 0.133 e. The lowest BCUT2D eigenvalue weighted by atomic mass is 10.1. The van der Waals surface area contributed by atoms with Gasteiger partial charge in [-0.05, 0) is 12.1 Å². The Morgan fingerprint density at radius 2 is 0.839 bits per heavy atom. The second-order valence-corrected chi connectivity index (χ2v) is 8.49. The molecule has 0 spiro atoms. The van der Waals surface area contributed by atoms with Gasteiger partial charge in [-0.2, -0.15) is 0 Å². The van der Waals surface area contributed by atoms with Gasteiger partial charge in [-0.3, -0.25) is 0 Å². The Bertz CT molecular complexity index is 927. The van der Waals surface area contributed by atoms with E-state index in [1.165, 1.54) is 0 Å². The van der Waals surface area contributed by atoms with Crippen LogP contribution in [-0.4, -0.2) is 56.6 Å². The first-order valence-electron chi connectivity index (χ1n) is 9.81. The fourth-order valence-corrected chi connectivity index (χ4v) is 4.52. The number of benzene rings is 2. The highest BCUT2D eigenvalue weighted by Gasteiger charge is 2.21. The van der Waals surface area contributed by atoms with E-state index < -0.39 is 0 Å². The molecule has 0 fully saturated rings. The van der Waals surface area contributed by atoms with Crippen LogP contribution in [0.4, 0.5) is 11.4 Å². The summed E-state index contributed by atoms with van der Waals surface area (Å²) < 4.78 is 22.9. The van der Waals surface area contributed by atoms with Gasteiger partial charge in [-0.1, -0.05) is 0 Å². The largest absolute Gasteiger partial charge is 0.496 e. The summed E-state index contributed by atoms with van der Waals surface area (Å²) in [4.78, 5) is 6.12. The third-order valence-electron chi connectivity index (χ3n) is 5.11. The van der Waals surface area contributed by atoms with Crippen LogP contribution in [0.25, 0.3) is 20.9 Å². The van der Waals surface area contributed by atoms with E-state index in [-0.39, 0.29) is 0 Å². The topological polar surface area (TPSA) is 43.4 Å². The molecule has 0 amide bonds. The van der Waals surface area contributed by atoms with Crippen molar-refractivity contribution in [1.29, 1.82) is 0 Å².